The summed E-state index contributed by atoms with van der Waals surface area (Å²) in [4.78, 5) is 24.7. The maximum absolute atomic E-state index is 13.3. The first kappa shape index (κ1) is 12.9. The van der Waals surface area contributed by atoms with Crippen LogP contribution in [0, 0.1) is 5.82 Å². The smallest absolute Gasteiger partial charge is 0.336 e. The SMILES string of the molecule is O=C1Cc2c(cccc2C(=O)O)Sc2cc(F)ccc21. The summed E-state index contributed by atoms with van der Waals surface area (Å²) < 4.78 is 13.3. The number of ketones is 1. The number of hydrogen-bond donors (Lipinski definition) is 1. The molecule has 1 heterocycles. The van der Waals surface area contributed by atoms with E-state index in [2.05, 4.69) is 0 Å². The molecule has 0 unspecified atom stereocenters. The molecule has 0 atom stereocenters. The van der Waals surface area contributed by atoms with Crippen LogP contribution in [-0.2, 0) is 6.42 Å². The Morgan fingerprint density at radius 1 is 1.20 bits per heavy atom. The van der Waals surface area contributed by atoms with Gasteiger partial charge in [-0.2, -0.15) is 0 Å². The molecule has 0 saturated heterocycles. The number of benzene rings is 2. The number of hydrogen-bond acceptors (Lipinski definition) is 3. The monoisotopic (exact) mass is 288 g/mol. The molecular formula is C15H9FO3S. The van der Waals surface area contributed by atoms with E-state index in [1.807, 2.05) is 0 Å². The standard InChI is InChI=1S/C15H9FO3S/c16-8-4-5-10-12(17)7-11-9(15(18)19)2-1-3-13(11)20-14(10)6-8/h1-6H,7H2,(H,18,19). The van der Waals surface area contributed by atoms with Gasteiger partial charge in [-0.05, 0) is 35.9 Å². The van der Waals surface area contributed by atoms with E-state index in [9.17, 15) is 19.1 Å². The van der Waals surface area contributed by atoms with Crippen molar-refractivity contribution in [2.24, 2.45) is 0 Å². The molecule has 2 aromatic carbocycles. The topological polar surface area (TPSA) is 54.4 Å². The Balaban J connectivity index is 2.20. The first-order chi connectivity index (χ1) is 9.56. The number of aromatic carboxylic acids is 1. The van der Waals surface area contributed by atoms with Gasteiger partial charge in [0, 0.05) is 21.8 Å². The molecule has 3 rings (SSSR count). The molecule has 5 heteroatoms. The minimum atomic E-state index is -1.06. The second-order valence-corrected chi connectivity index (χ2v) is 5.51. The Morgan fingerprint density at radius 3 is 2.75 bits per heavy atom. The number of carboxylic acids is 1. The zero-order chi connectivity index (χ0) is 14.3. The van der Waals surface area contributed by atoms with E-state index in [0.29, 0.717) is 20.9 Å². The van der Waals surface area contributed by atoms with Crippen LogP contribution in [-0.4, -0.2) is 16.9 Å². The molecule has 0 radical (unpaired) electrons. The molecule has 1 aliphatic heterocycles. The maximum Gasteiger partial charge on any atom is 0.336 e. The van der Waals surface area contributed by atoms with Crippen molar-refractivity contribution in [1.29, 1.82) is 0 Å². The number of carbonyl (C=O) groups excluding carboxylic acids is 1. The molecule has 100 valence electrons. The molecule has 0 bridgehead atoms. The summed E-state index contributed by atoms with van der Waals surface area (Å²) in [5, 5.41) is 9.20. The predicted octanol–water partition coefficient (Wildman–Crippen LogP) is 3.41. The second-order valence-electron chi connectivity index (χ2n) is 4.43. The van der Waals surface area contributed by atoms with Gasteiger partial charge in [-0.3, -0.25) is 4.79 Å². The Hall–Kier alpha value is -2.14. The zero-order valence-electron chi connectivity index (χ0n) is 10.2. The maximum atomic E-state index is 13.3. The fourth-order valence-corrected chi connectivity index (χ4v) is 3.38. The average Bonchev–Trinajstić information content (AvgIpc) is 2.53. The number of Topliss-reactive ketones (excluding diaryl/α,β-unsaturated/α-hetero) is 1. The highest BCUT2D eigenvalue weighted by Crippen LogP contribution is 2.38. The van der Waals surface area contributed by atoms with Gasteiger partial charge in [-0.25, -0.2) is 9.18 Å². The molecule has 0 saturated carbocycles. The van der Waals surface area contributed by atoms with Gasteiger partial charge in [-0.1, -0.05) is 17.8 Å². The van der Waals surface area contributed by atoms with E-state index in [-0.39, 0.29) is 17.8 Å². The third-order valence-electron chi connectivity index (χ3n) is 3.16. The largest absolute Gasteiger partial charge is 0.478 e. The van der Waals surface area contributed by atoms with Gasteiger partial charge in [0.25, 0.3) is 0 Å². The number of rotatable bonds is 1. The molecule has 0 fully saturated rings. The van der Waals surface area contributed by atoms with Crippen molar-refractivity contribution in [2.45, 2.75) is 16.2 Å². The van der Waals surface area contributed by atoms with Gasteiger partial charge in [-0.15, -0.1) is 0 Å². The van der Waals surface area contributed by atoms with E-state index < -0.39 is 11.8 Å². The first-order valence-electron chi connectivity index (χ1n) is 5.92. The Labute approximate surface area is 118 Å². The minimum Gasteiger partial charge on any atom is -0.478 e. The Morgan fingerprint density at radius 2 is 2.00 bits per heavy atom. The highest BCUT2D eigenvalue weighted by molar-refractivity contribution is 7.99. The molecule has 20 heavy (non-hydrogen) atoms. The number of carboxylic acid groups (broad SMARTS) is 1. The predicted molar refractivity (Wildman–Crippen MR) is 72.0 cm³/mol. The van der Waals surface area contributed by atoms with E-state index in [0.717, 1.165) is 0 Å². The molecule has 0 aromatic heterocycles. The molecular weight excluding hydrogens is 279 g/mol. The van der Waals surface area contributed by atoms with Crippen LogP contribution in [0.5, 0.6) is 0 Å². The van der Waals surface area contributed by atoms with Crippen LogP contribution in [0.2, 0.25) is 0 Å². The van der Waals surface area contributed by atoms with Gasteiger partial charge in [0.2, 0.25) is 0 Å². The van der Waals surface area contributed by atoms with Crippen molar-refractivity contribution >= 4 is 23.5 Å². The van der Waals surface area contributed by atoms with Crippen LogP contribution in [0.4, 0.5) is 4.39 Å². The fourth-order valence-electron chi connectivity index (χ4n) is 2.23. The van der Waals surface area contributed by atoms with E-state index in [1.54, 1.807) is 12.1 Å². The van der Waals surface area contributed by atoms with Crippen molar-refractivity contribution in [3.8, 4) is 0 Å². The number of halogens is 1. The molecule has 0 aliphatic carbocycles. The second kappa shape index (κ2) is 4.76. The summed E-state index contributed by atoms with van der Waals surface area (Å²) in [5.41, 5.74) is 1.05. The van der Waals surface area contributed by atoms with Crippen molar-refractivity contribution in [2.75, 3.05) is 0 Å². The fraction of sp³-hybridized carbons (Fsp3) is 0.0667. The lowest BCUT2D eigenvalue weighted by atomic mass is 9.99. The van der Waals surface area contributed by atoms with Crippen LogP contribution in [0.25, 0.3) is 0 Å². The van der Waals surface area contributed by atoms with Crippen molar-refractivity contribution in [3.05, 3.63) is 58.9 Å². The lowest BCUT2D eigenvalue weighted by Gasteiger charge is -2.07. The van der Waals surface area contributed by atoms with Crippen LogP contribution >= 0.6 is 11.8 Å². The van der Waals surface area contributed by atoms with Crippen LogP contribution in [0.3, 0.4) is 0 Å². The number of fused-ring (bicyclic) bond motifs is 2. The van der Waals surface area contributed by atoms with Crippen molar-refractivity contribution in [3.63, 3.8) is 0 Å². The highest BCUT2D eigenvalue weighted by atomic mass is 32.2. The van der Waals surface area contributed by atoms with Gasteiger partial charge in [0.1, 0.15) is 5.82 Å². The summed E-state index contributed by atoms with van der Waals surface area (Å²) in [7, 11) is 0. The molecule has 1 aliphatic rings. The van der Waals surface area contributed by atoms with Crippen molar-refractivity contribution in [1.82, 2.24) is 0 Å². The van der Waals surface area contributed by atoms with Crippen LogP contribution in [0.15, 0.2) is 46.2 Å². The van der Waals surface area contributed by atoms with Gasteiger partial charge in [0.15, 0.2) is 5.78 Å². The summed E-state index contributed by atoms with van der Waals surface area (Å²) in [6.45, 7) is 0. The van der Waals surface area contributed by atoms with Crippen LogP contribution in [0.1, 0.15) is 26.3 Å². The van der Waals surface area contributed by atoms with E-state index in [1.165, 1.54) is 36.0 Å². The van der Waals surface area contributed by atoms with Crippen LogP contribution < -0.4 is 0 Å². The normalized spacial score (nSPS) is 13.3. The summed E-state index contributed by atoms with van der Waals surface area (Å²) in [6, 6.07) is 8.85. The summed E-state index contributed by atoms with van der Waals surface area (Å²) >= 11 is 1.23. The molecule has 3 nitrogen and oxygen atoms in total. The molecule has 1 N–H and O–H groups in total. The lowest BCUT2D eigenvalue weighted by molar-refractivity contribution is 0.0695. The van der Waals surface area contributed by atoms with Crippen molar-refractivity contribution < 1.29 is 19.1 Å². The zero-order valence-corrected chi connectivity index (χ0v) is 11.0. The average molecular weight is 288 g/mol. The third-order valence-corrected chi connectivity index (χ3v) is 4.32. The molecule has 0 spiro atoms. The Kier molecular flexibility index (Phi) is 3.06. The minimum absolute atomic E-state index is 0.0173. The van der Waals surface area contributed by atoms with E-state index in [4.69, 9.17) is 0 Å². The summed E-state index contributed by atoms with van der Waals surface area (Å²) in [5.74, 6) is -1.67. The van der Waals surface area contributed by atoms with E-state index >= 15 is 0 Å². The molecule has 2 aromatic rings. The quantitative estimate of drug-likeness (QED) is 0.873. The molecule has 0 amide bonds. The number of carbonyl (C=O) groups is 2. The third kappa shape index (κ3) is 2.10. The van der Waals surface area contributed by atoms with Gasteiger partial charge < -0.3 is 5.11 Å². The lowest BCUT2D eigenvalue weighted by Crippen LogP contribution is -2.08. The first-order valence-corrected chi connectivity index (χ1v) is 6.73. The Bertz CT molecular complexity index is 740. The summed E-state index contributed by atoms with van der Waals surface area (Å²) in [6.07, 6.45) is 0.0173. The van der Waals surface area contributed by atoms with Gasteiger partial charge in [0.05, 0.1) is 5.56 Å². The van der Waals surface area contributed by atoms with Gasteiger partial charge >= 0.3 is 5.97 Å². The highest BCUT2D eigenvalue weighted by Gasteiger charge is 2.24.